The van der Waals surface area contributed by atoms with Crippen molar-refractivity contribution in [1.82, 2.24) is 5.32 Å². The van der Waals surface area contributed by atoms with Gasteiger partial charge in [-0.2, -0.15) is 0 Å². The Balaban J connectivity index is 2.06. The molecular formula is C17H20N2O3S. The topological polar surface area (TPSA) is 75.3 Å². The Morgan fingerprint density at radius 1 is 0.957 bits per heavy atom. The summed E-state index contributed by atoms with van der Waals surface area (Å²) in [5.41, 5.74) is 0.547. The Bertz CT molecular complexity index is 741. The van der Waals surface area contributed by atoms with Crippen molar-refractivity contribution in [2.24, 2.45) is 0 Å². The smallest absolute Gasteiger partial charge is 0.319 e. The Morgan fingerprint density at radius 3 is 2.17 bits per heavy atom. The average Bonchev–Trinajstić information content (AvgIpc) is 2.56. The number of anilines is 1. The van der Waals surface area contributed by atoms with Crippen LogP contribution in [-0.2, 0) is 9.84 Å². The van der Waals surface area contributed by atoms with E-state index in [4.69, 9.17) is 0 Å². The summed E-state index contributed by atoms with van der Waals surface area (Å²) < 4.78 is 24.9. The van der Waals surface area contributed by atoms with Gasteiger partial charge in [-0.3, -0.25) is 0 Å². The fraction of sp³-hybridized carbons (Fsp3) is 0.235. The van der Waals surface area contributed by atoms with E-state index in [-0.39, 0.29) is 15.8 Å². The molecule has 0 fully saturated rings. The molecule has 0 unspecified atom stereocenters. The van der Waals surface area contributed by atoms with Gasteiger partial charge in [0.2, 0.25) is 9.84 Å². The first kappa shape index (κ1) is 17.0. The third-order valence-corrected chi connectivity index (χ3v) is 5.08. The molecule has 2 aromatic rings. The molecule has 0 spiro atoms. The van der Waals surface area contributed by atoms with E-state index in [1.54, 1.807) is 42.5 Å². The standard InChI is InChI=1S/C17H20N2O3S/c1-2-3-13-18-17(20)19-14-9-11-16(12-10-14)23(21,22)15-7-5-4-6-8-15/h4-12H,2-3,13H2,1H3,(H2,18,19,20). The molecule has 0 saturated heterocycles. The minimum absolute atomic E-state index is 0.195. The van der Waals surface area contributed by atoms with Crippen LogP contribution in [0.25, 0.3) is 0 Å². The van der Waals surface area contributed by atoms with E-state index in [9.17, 15) is 13.2 Å². The van der Waals surface area contributed by atoms with Gasteiger partial charge in [-0.15, -0.1) is 0 Å². The third-order valence-electron chi connectivity index (χ3n) is 3.29. The number of benzene rings is 2. The van der Waals surface area contributed by atoms with E-state index in [0.29, 0.717) is 12.2 Å². The lowest BCUT2D eigenvalue weighted by Gasteiger charge is -2.08. The van der Waals surface area contributed by atoms with Crippen molar-refractivity contribution in [2.75, 3.05) is 11.9 Å². The Morgan fingerprint density at radius 2 is 1.57 bits per heavy atom. The first-order valence-corrected chi connectivity index (χ1v) is 8.97. The van der Waals surface area contributed by atoms with Crippen LogP contribution in [0.4, 0.5) is 10.5 Å². The Labute approximate surface area is 136 Å². The van der Waals surface area contributed by atoms with Crippen LogP contribution >= 0.6 is 0 Å². The normalized spacial score (nSPS) is 11.0. The highest BCUT2D eigenvalue weighted by Gasteiger charge is 2.16. The molecule has 5 nitrogen and oxygen atoms in total. The highest BCUT2D eigenvalue weighted by atomic mass is 32.2. The Hall–Kier alpha value is -2.34. The SMILES string of the molecule is CCCCNC(=O)Nc1ccc(S(=O)(=O)c2ccccc2)cc1. The minimum atomic E-state index is -3.53. The molecule has 0 radical (unpaired) electrons. The minimum Gasteiger partial charge on any atom is -0.338 e. The number of hydrogen-bond acceptors (Lipinski definition) is 3. The number of carbonyl (C=O) groups is 1. The van der Waals surface area contributed by atoms with Gasteiger partial charge in [-0.05, 0) is 42.8 Å². The molecule has 122 valence electrons. The Kier molecular flexibility index (Phi) is 5.76. The number of amides is 2. The molecular weight excluding hydrogens is 312 g/mol. The van der Waals surface area contributed by atoms with Crippen molar-refractivity contribution in [1.29, 1.82) is 0 Å². The van der Waals surface area contributed by atoms with Gasteiger partial charge in [0.15, 0.2) is 0 Å². The predicted molar refractivity (Wildman–Crippen MR) is 90.3 cm³/mol. The molecule has 0 aromatic heterocycles. The van der Waals surface area contributed by atoms with Crippen LogP contribution in [0, 0.1) is 0 Å². The predicted octanol–water partition coefficient (Wildman–Crippen LogP) is 3.44. The summed E-state index contributed by atoms with van der Waals surface area (Å²) >= 11 is 0. The zero-order valence-electron chi connectivity index (χ0n) is 13.0. The molecule has 2 N–H and O–H groups in total. The van der Waals surface area contributed by atoms with Crippen LogP contribution in [-0.4, -0.2) is 21.0 Å². The first-order chi connectivity index (χ1) is 11.0. The number of rotatable bonds is 6. The summed E-state index contributed by atoms with van der Waals surface area (Å²) in [4.78, 5) is 12.1. The molecule has 2 aromatic carbocycles. The number of sulfone groups is 1. The van der Waals surface area contributed by atoms with E-state index in [1.807, 2.05) is 6.92 Å². The second-order valence-corrected chi connectivity index (χ2v) is 7.03. The molecule has 0 saturated carbocycles. The van der Waals surface area contributed by atoms with Gasteiger partial charge < -0.3 is 10.6 Å². The van der Waals surface area contributed by atoms with Gasteiger partial charge in [0.1, 0.15) is 0 Å². The number of carbonyl (C=O) groups excluding carboxylic acids is 1. The van der Waals surface area contributed by atoms with Gasteiger partial charge in [0, 0.05) is 12.2 Å². The molecule has 0 atom stereocenters. The summed E-state index contributed by atoms with van der Waals surface area (Å²) in [5.74, 6) is 0. The lowest BCUT2D eigenvalue weighted by atomic mass is 10.3. The van der Waals surface area contributed by atoms with Gasteiger partial charge in [-0.25, -0.2) is 13.2 Å². The molecule has 0 aliphatic heterocycles. The van der Waals surface area contributed by atoms with Crippen LogP contribution in [0.2, 0.25) is 0 Å². The molecule has 2 amide bonds. The summed E-state index contributed by atoms with van der Waals surface area (Å²) in [7, 11) is -3.53. The number of urea groups is 1. The highest BCUT2D eigenvalue weighted by molar-refractivity contribution is 7.91. The van der Waals surface area contributed by atoms with E-state index < -0.39 is 9.84 Å². The molecule has 0 aliphatic carbocycles. The number of nitrogens with one attached hydrogen (secondary N) is 2. The summed E-state index contributed by atoms with van der Waals surface area (Å²) in [5, 5.41) is 5.41. The van der Waals surface area contributed by atoms with Crippen LogP contribution in [0.3, 0.4) is 0 Å². The maximum absolute atomic E-state index is 12.4. The van der Waals surface area contributed by atoms with E-state index >= 15 is 0 Å². The quantitative estimate of drug-likeness (QED) is 0.796. The van der Waals surface area contributed by atoms with Gasteiger partial charge >= 0.3 is 6.03 Å². The average molecular weight is 332 g/mol. The lowest BCUT2D eigenvalue weighted by Crippen LogP contribution is -2.29. The van der Waals surface area contributed by atoms with Crippen molar-refractivity contribution < 1.29 is 13.2 Å². The molecule has 0 heterocycles. The first-order valence-electron chi connectivity index (χ1n) is 7.49. The number of unbranched alkanes of at least 4 members (excludes halogenated alkanes) is 1. The molecule has 6 heteroatoms. The second kappa shape index (κ2) is 7.78. The second-order valence-electron chi connectivity index (χ2n) is 5.08. The van der Waals surface area contributed by atoms with Gasteiger partial charge in [0.25, 0.3) is 0 Å². The van der Waals surface area contributed by atoms with E-state index in [1.165, 1.54) is 12.1 Å². The number of hydrogen-bond donors (Lipinski definition) is 2. The zero-order valence-corrected chi connectivity index (χ0v) is 13.8. The van der Waals surface area contributed by atoms with Gasteiger partial charge in [0.05, 0.1) is 9.79 Å². The van der Waals surface area contributed by atoms with Gasteiger partial charge in [-0.1, -0.05) is 31.5 Å². The van der Waals surface area contributed by atoms with Crippen LogP contribution < -0.4 is 10.6 Å². The third kappa shape index (κ3) is 4.56. The van der Waals surface area contributed by atoms with Crippen molar-refractivity contribution in [2.45, 2.75) is 29.6 Å². The summed E-state index contributed by atoms with van der Waals surface area (Å²) in [6.07, 6.45) is 1.92. The van der Waals surface area contributed by atoms with Crippen LogP contribution in [0.15, 0.2) is 64.4 Å². The maximum atomic E-state index is 12.4. The molecule has 2 rings (SSSR count). The van der Waals surface area contributed by atoms with Crippen molar-refractivity contribution in [3.05, 3.63) is 54.6 Å². The van der Waals surface area contributed by atoms with Crippen LogP contribution in [0.1, 0.15) is 19.8 Å². The molecule has 0 bridgehead atoms. The monoisotopic (exact) mass is 332 g/mol. The van der Waals surface area contributed by atoms with Crippen LogP contribution in [0.5, 0.6) is 0 Å². The summed E-state index contributed by atoms with van der Waals surface area (Å²) in [6.45, 7) is 2.66. The van der Waals surface area contributed by atoms with E-state index in [2.05, 4.69) is 10.6 Å². The van der Waals surface area contributed by atoms with Crippen molar-refractivity contribution in [3.8, 4) is 0 Å². The fourth-order valence-corrected chi connectivity index (χ4v) is 3.29. The molecule has 23 heavy (non-hydrogen) atoms. The zero-order chi connectivity index (χ0) is 16.7. The van der Waals surface area contributed by atoms with Crippen molar-refractivity contribution >= 4 is 21.6 Å². The summed E-state index contributed by atoms with van der Waals surface area (Å²) in [6, 6.07) is 14.1. The highest BCUT2D eigenvalue weighted by Crippen LogP contribution is 2.21. The largest absolute Gasteiger partial charge is 0.338 e. The lowest BCUT2D eigenvalue weighted by molar-refractivity contribution is 0.252. The maximum Gasteiger partial charge on any atom is 0.319 e. The fourth-order valence-electron chi connectivity index (χ4n) is 2.01. The molecule has 0 aliphatic rings. The van der Waals surface area contributed by atoms with Crippen molar-refractivity contribution in [3.63, 3.8) is 0 Å². The van der Waals surface area contributed by atoms with E-state index in [0.717, 1.165) is 12.8 Å².